The highest BCUT2D eigenvalue weighted by Crippen LogP contribution is 2.23. The van der Waals surface area contributed by atoms with Gasteiger partial charge in [0.1, 0.15) is 4.88 Å². The van der Waals surface area contributed by atoms with Gasteiger partial charge in [0.25, 0.3) is 5.91 Å². The number of para-hydroxylation sites is 2. The summed E-state index contributed by atoms with van der Waals surface area (Å²) in [6, 6.07) is 7.23. The first-order valence-electron chi connectivity index (χ1n) is 6.24. The number of nitrogen functional groups attached to an aromatic ring is 1. The molecular weight excluding hydrogens is 329 g/mol. The van der Waals surface area contributed by atoms with Crippen LogP contribution in [-0.2, 0) is 6.42 Å². The maximum atomic E-state index is 12.2. The number of halogens is 2. The Morgan fingerprint density at radius 3 is 2.62 bits per heavy atom. The molecule has 0 spiro atoms. The van der Waals surface area contributed by atoms with Crippen LogP contribution in [-0.4, -0.2) is 10.9 Å². The van der Waals surface area contributed by atoms with Crippen LogP contribution in [0.1, 0.15) is 33.7 Å². The first kappa shape index (κ1) is 19.7. The van der Waals surface area contributed by atoms with E-state index in [0.29, 0.717) is 16.3 Å². The summed E-state index contributed by atoms with van der Waals surface area (Å²) in [5.41, 5.74) is 7.79. The van der Waals surface area contributed by atoms with Gasteiger partial charge in [0.15, 0.2) is 0 Å². The number of nitrogens with one attached hydrogen (secondary N) is 1. The molecule has 7 heteroatoms. The highest BCUT2D eigenvalue weighted by atomic mass is 35.5. The minimum absolute atomic E-state index is 0. The molecule has 3 N–H and O–H groups in total. The number of amides is 1. The molecule has 0 aliphatic heterocycles. The molecule has 4 nitrogen and oxygen atoms in total. The topological polar surface area (TPSA) is 68.0 Å². The van der Waals surface area contributed by atoms with Gasteiger partial charge in [0.2, 0.25) is 0 Å². The molecule has 0 aliphatic rings. The molecule has 1 aromatic carbocycles. The molecule has 0 radical (unpaired) electrons. The molecule has 0 saturated carbocycles. The molecule has 1 aromatic heterocycles. The van der Waals surface area contributed by atoms with Crippen molar-refractivity contribution in [3.63, 3.8) is 0 Å². The monoisotopic (exact) mass is 347 g/mol. The van der Waals surface area contributed by atoms with E-state index in [-0.39, 0.29) is 30.7 Å². The fraction of sp³-hybridized carbons (Fsp3) is 0.286. The number of hydrogen-bond donors (Lipinski definition) is 2. The van der Waals surface area contributed by atoms with Crippen LogP contribution in [0.3, 0.4) is 0 Å². The molecule has 0 atom stereocenters. The third-order valence-corrected chi connectivity index (χ3v) is 3.94. The zero-order chi connectivity index (χ0) is 13.8. The minimum Gasteiger partial charge on any atom is -0.397 e. The van der Waals surface area contributed by atoms with Crippen molar-refractivity contribution in [2.75, 3.05) is 11.1 Å². The first-order chi connectivity index (χ1) is 9.11. The normalized spacial score (nSPS) is 9.43. The Labute approximate surface area is 141 Å². The van der Waals surface area contributed by atoms with Crippen molar-refractivity contribution in [2.24, 2.45) is 0 Å². The molecule has 0 bridgehead atoms. The van der Waals surface area contributed by atoms with E-state index in [1.54, 1.807) is 12.1 Å². The fourth-order valence-corrected chi connectivity index (χ4v) is 2.84. The average molecular weight is 348 g/mol. The number of nitrogens with two attached hydrogens (primary N) is 1. The third kappa shape index (κ3) is 4.88. The molecule has 0 fully saturated rings. The van der Waals surface area contributed by atoms with Gasteiger partial charge in [0, 0.05) is 0 Å². The lowest BCUT2D eigenvalue weighted by Crippen LogP contribution is -2.12. The van der Waals surface area contributed by atoms with E-state index in [9.17, 15) is 4.79 Å². The Morgan fingerprint density at radius 2 is 2.00 bits per heavy atom. The quantitative estimate of drug-likeness (QED) is 0.818. The van der Waals surface area contributed by atoms with E-state index in [2.05, 4.69) is 17.2 Å². The third-order valence-electron chi connectivity index (χ3n) is 2.72. The van der Waals surface area contributed by atoms with Crippen LogP contribution in [0.25, 0.3) is 0 Å². The highest BCUT2D eigenvalue weighted by molar-refractivity contribution is 7.13. The second-order valence-corrected chi connectivity index (χ2v) is 5.40. The molecule has 0 aliphatic carbocycles. The predicted octanol–water partition coefficient (Wildman–Crippen LogP) is 4.08. The number of nitrogens with zero attached hydrogens (tertiary/aromatic N) is 1. The Kier molecular flexibility index (Phi) is 8.32. The summed E-state index contributed by atoms with van der Waals surface area (Å²) in [6.07, 6.45) is 1.94. The Hall–Kier alpha value is -1.30. The number of anilines is 2. The van der Waals surface area contributed by atoms with Crippen molar-refractivity contribution in [2.45, 2.75) is 26.7 Å². The van der Waals surface area contributed by atoms with Gasteiger partial charge >= 0.3 is 0 Å². The van der Waals surface area contributed by atoms with Crippen molar-refractivity contribution in [1.29, 1.82) is 0 Å². The zero-order valence-corrected chi connectivity index (χ0v) is 14.3. The van der Waals surface area contributed by atoms with E-state index in [1.165, 1.54) is 11.3 Å². The summed E-state index contributed by atoms with van der Waals surface area (Å²) in [5.74, 6) is -0.143. The zero-order valence-electron chi connectivity index (χ0n) is 11.9. The summed E-state index contributed by atoms with van der Waals surface area (Å²) in [6.45, 7) is 3.96. The van der Waals surface area contributed by atoms with Crippen molar-refractivity contribution in [3.8, 4) is 0 Å². The second-order valence-electron chi connectivity index (χ2n) is 4.31. The van der Waals surface area contributed by atoms with Crippen LogP contribution >= 0.6 is 36.2 Å². The van der Waals surface area contributed by atoms with Gasteiger partial charge in [-0.1, -0.05) is 19.1 Å². The number of benzene rings is 1. The van der Waals surface area contributed by atoms with Crippen molar-refractivity contribution >= 4 is 53.4 Å². The van der Waals surface area contributed by atoms with Gasteiger partial charge in [-0.05, 0) is 31.9 Å². The molecule has 2 rings (SSSR count). The van der Waals surface area contributed by atoms with Crippen LogP contribution in [0.4, 0.5) is 11.4 Å². The molecule has 0 unspecified atom stereocenters. The van der Waals surface area contributed by atoms with Crippen LogP contribution in [0, 0.1) is 6.92 Å². The van der Waals surface area contributed by atoms with E-state index in [0.717, 1.165) is 23.5 Å². The number of thiazole rings is 1. The minimum atomic E-state index is -0.143. The summed E-state index contributed by atoms with van der Waals surface area (Å²) >= 11 is 1.45. The van der Waals surface area contributed by atoms with Crippen LogP contribution in [0.2, 0.25) is 0 Å². The smallest absolute Gasteiger partial charge is 0.267 e. The van der Waals surface area contributed by atoms with E-state index in [4.69, 9.17) is 5.73 Å². The molecule has 116 valence electrons. The molecule has 1 amide bonds. The van der Waals surface area contributed by atoms with Gasteiger partial charge in [0.05, 0.1) is 22.1 Å². The largest absolute Gasteiger partial charge is 0.397 e. The van der Waals surface area contributed by atoms with Gasteiger partial charge in [-0.2, -0.15) is 0 Å². The van der Waals surface area contributed by atoms with Gasteiger partial charge in [-0.15, -0.1) is 36.2 Å². The fourth-order valence-electron chi connectivity index (χ4n) is 1.77. The van der Waals surface area contributed by atoms with Crippen molar-refractivity contribution < 1.29 is 4.79 Å². The Morgan fingerprint density at radius 1 is 1.33 bits per heavy atom. The van der Waals surface area contributed by atoms with Gasteiger partial charge in [-0.3, -0.25) is 4.79 Å². The maximum absolute atomic E-state index is 12.2. The van der Waals surface area contributed by atoms with E-state index >= 15 is 0 Å². The van der Waals surface area contributed by atoms with E-state index in [1.807, 2.05) is 19.1 Å². The summed E-state index contributed by atoms with van der Waals surface area (Å²) in [7, 11) is 0. The van der Waals surface area contributed by atoms with Gasteiger partial charge in [-0.25, -0.2) is 4.98 Å². The predicted molar refractivity (Wildman–Crippen MR) is 94.1 cm³/mol. The number of carbonyl (C=O) groups is 1. The first-order valence-corrected chi connectivity index (χ1v) is 7.05. The lowest BCUT2D eigenvalue weighted by atomic mass is 10.2. The number of aromatic nitrogens is 1. The standard InChI is InChI=1S/C14H17N3OS.2ClH/c1-3-6-12-16-9(2)13(19-12)14(18)17-11-8-5-4-7-10(11)15;;/h4-5,7-8H,3,6,15H2,1-2H3,(H,17,18);2*1H. The Bertz CT molecular complexity index is 602. The molecule has 21 heavy (non-hydrogen) atoms. The maximum Gasteiger partial charge on any atom is 0.267 e. The summed E-state index contributed by atoms with van der Waals surface area (Å²) < 4.78 is 0. The SMILES string of the molecule is CCCc1nc(C)c(C(=O)Nc2ccccc2N)s1.Cl.Cl. The van der Waals surface area contributed by atoms with Crippen LogP contribution in [0.15, 0.2) is 24.3 Å². The number of aryl methyl sites for hydroxylation is 2. The number of carbonyl (C=O) groups excluding carboxylic acids is 1. The van der Waals surface area contributed by atoms with E-state index < -0.39 is 0 Å². The summed E-state index contributed by atoms with van der Waals surface area (Å²) in [4.78, 5) is 17.3. The summed E-state index contributed by atoms with van der Waals surface area (Å²) in [5, 5.41) is 3.83. The molecule has 1 heterocycles. The molecule has 2 aromatic rings. The van der Waals surface area contributed by atoms with Crippen molar-refractivity contribution in [1.82, 2.24) is 4.98 Å². The van der Waals surface area contributed by atoms with Gasteiger partial charge < -0.3 is 11.1 Å². The average Bonchev–Trinajstić information content (AvgIpc) is 2.74. The van der Waals surface area contributed by atoms with Crippen LogP contribution in [0.5, 0.6) is 0 Å². The Balaban J connectivity index is 0.00000200. The molecular formula is C14H19Cl2N3OS. The van der Waals surface area contributed by atoms with Crippen LogP contribution < -0.4 is 11.1 Å². The highest BCUT2D eigenvalue weighted by Gasteiger charge is 2.15. The molecule has 0 saturated heterocycles. The second kappa shape index (κ2) is 8.87. The number of hydrogen-bond acceptors (Lipinski definition) is 4. The van der Waals surface area contributed by atoms with Crippen molar-refractivity contribution in [3.05, 3.63) is 39.8 Å². The number of rotatable bonds is 4. The lowest BCUT2D eigenvalue weighted by Gasteiger charge is -2.06. The lowest BCUT2D eigenvalue weighted by molar-refractivity contribution is 0.103.